The molecule has 2 rings (SSSR count). The first-order valence-corrected chi connectivity index (χ1v) is 7.70. The maximum atomic E-state index is 11.3. The van der Waals surface area contributed by atoms with E-state index >= 15 is 0 Å². The molecular weight excluding hydrogens is 308 g/mol. The fourth-order valence-electron chi connectivity index (χ4n) is 2.79. The second kappa shape index (κ2) is 6.46. The van der Waals surface area contributed by atoms with Crippen LogP contribution in [-0.4, -0.2) is 27.6 Å². The average molecular weight is 331 g/mol. The van der Waals surface area contributed by atoms with Gasteiger partial charge in [0.2, 0.25) is 5.91 Å². The van der Waals surface area contributed by atoms with Gasteiger partial charge in [0.15, 0.2) is 0 Å². The number of carbonyl (C=O) groups is 1. The molecule has 0 fully saturated rings. The second-order valence-electron chi connectivity index (χ2n) is 6.01. The van der Waals surface area contributed by atoms with Crippen molar-refractivity contribution in [2.24, 2.45) is 11.5 Å². The van der Waals surface area contributed by atoms with E-state index < -0.39 is 0 Å². The van der Waals surface area contributed by atoms with E-state index in [9.17, 15) is 9.90 Å². The number of rotatable bonds is 3. The quantitative estimate of drug-likeness (QED) is 0.790. The minimum Gasteiger partial charge on any atom is -0.508 e. The zero-order valence-electron chi connectivity index (χ0n) is 12.5. The van der Waals surface area contributed by atoms with E-state index in [1.807, 2.05) is 13.0 Å². The summed E-state index contributed by atoms with van der Waals surface area (Å²) in [5.74, 6) is -0.0443. The van der Waals surface area contributed by atoms with Gasteiger partial charge in [-0.3, -0.25) is 4.79 Å². The summed E-state index contributed by atoms with van der Waals surface area (Å²) in [7, 11) is 0. The van der Waals surface area contributed by atoms with E-state index in [1.54, 1.807) is 23.9 Å². The van der Waals surface area contributed by atoms with Gasteiger partial charge >= 0.3 is 0 Å². The van der Waals surface area contributed by atoms with E-state index in [2.05, 4.69) is 13.8 Å². The Bertz CT molecular complexity index is 536. The number of amides is 1. The Morgan fingerprint density at radius 2 is 2.10 bits per heavy atom. The SMILES string of the molecule is CC(S[C@@H]1Cc2ccc(O)cc2C(C)(C)[C@H]1N)C(N)=O.Cl. The van der Waals surface area contributed by atoms with Gasteiger partial charge in [-0.25, -0.2) is 0 Å². The fraction of sp³-hybridized carbons (Fsp3) is 0.533. The number of phenolic OH excluding ortho intramolecular Hbond substituents is 1. The standard InChI is InChI=1S/C15H22N2O2S.ClH/c1-8(14(17)19)20-12-6-9-4-5-10(18)7-11(9)15(2,3)13(12)16;/h4-5,7-8,12-13,18H,6,16H2,1-3H3,(H2,17,19);1H/t8?,12-,13+;/m1./s1. The van der Waals surface area contributed by atoms with Gasteiger partial charge in [0.1, 0.15) is 5.75 Å². The van der Waals surface area contributed by atoms with Gasteiger partial charge in [0, 0.05) is 16.7 Å². The molecule has 1 unspecified atom stereocenters. The maximum absolute atomic E-state index is 11.3. The van der Waals surface area contributed by atoms with Crippen LogP contribution in [0.5, 0.6) is 5.75 Å². The molecule has 0 saturated carbocycles. The number of phenols is 1. The summed E-state index contributed by atoms with van der Waals surface area (Å²) in [5.41, 5.74) is 13.8. The van der Waals surface area contributed by atoms with Crippen LogP contribution in [0, 0.1) is 0 Å². The molecule has 5 N–H and O–H groups in total. The van der Waals surface area contributed by atoms with Gasteiger partial charge in [0.05, 0.1) is 5.25 Å². The lowest BCUT2D eigenvalue weighted by Crippen LogP contribution is -2.53. The number of carbonyl (C=O) groups excluding carboxylic acids is 1. The number of benzene rings is 1. The third kappa shape index (κ3) is 3.47. The minimum atomic E-state index is -0.309. The average Bonchev–Trinajstić information content (AvgIpc) is 2.37. The summed E-state index contributed by atoms with van der Waals surface area (Å²) in [6.07, 6.45) is 0.794. The molecule has 1 aromatic carbocycles. The van der Waals surface area contributed by atoms with Crippen molar-refractivity contribution in [1.29, 1.82) is 0 Å². The monoisotopic (exact) mass is 330 g/mol. The van der Waals surface area contributed by atoms with Crippen molar-refractivity contribution in [3.05, 3.63) is 29.3 Å². The largest absolute Gasteiger partial charge is 0.508 e. The predicted octanol–water partition coefficient (Wildman–Crippen LogP) is 1.95. The molecular formula is C15H23ClN2O2S. The Labute approximate surface area is 136 Å². The highest BCUT2D eigenvalue weighted by Gasteiger charge is 2.41. The van der Waals surface area contributed by atoms with Crippen LogP contribution < -0.4 is 11.5 Å². The predicted molar refractivity (Wildman–Crippen MR) is 90.1 cm³/mol. The molecule has 6 heteroatoms. The molecule has 1 aromatic rings. The molecule has 1 amide bonds. The molecule has 0 saturated heterocycles. The molecule has 0 bridgehead atoms. The molecule has 0 aliphatic heterocycles. The van der Waals surface area contributed by atoms with Gasteiger partial charge in [-0.05, 0) is 36.6 Å². The van der Waals surface area contributed by atoms with E-state index in [0.717, 1.165) is 12.0 Å². The topological polar surface area (TPSA) is 89.3 Å². The summed E-state index contributed by atoms with van der Waals surface area (Å²) >= 11 is 1.54. The van der Waals surface area contributed by atoms with Gasteiger partial charge < -0.3 is 16.6 Å². The first-order valence-electron chi connectivity index (χ1n) is 6.76. The Kier molecular flexibility index (Phi) is 5.58. The maximum Gasteiger partial charge on any atom is 0.230 e. The number of hydrogen-bond acceptors (Lipinski definition) is 4. The number of fused-ring (bicyclic) bond motifs is 1. The molecule has 0 spiro atoms. The van der Waals surface area contributed by atoms with Crippen molar-refractivity contribution in [2.45, 2.75) is 49.1 Å². The van der Waals surface area contributed by atoms with Crippen molar-refractivity contribution in [2.75, 3.05) is 0 Å². The van der Waals surface area contributed by atoms with Crippen LogP contribution >= 0.6 is 24.2 Å². The lowest BCUT2D eigenvalue weighted by molar-refractivity contribution is -0.117. The van der Waals surface area contributed by atoms with Crippen LogP contribution in [0.1, 0.15) is 31.9 Å². The molecule has 1 aliphatic rings. The van der Waals surface area contributed by atoms with E-state index in [1.165, 1.54) is 5.56 Å². The van der Waals surface area contributed by atoms with Crippen LogP contribution in [0.15, 0.2) is 18.2 Å². The van der Waals surface area contributed by atoms with Crippen LogP contribution in [-0.2, 0) is 16.6 Å². The van der Waals surface area contributed by atoms with Crippen LogP contribution in [0.25, 0.3) is 0 Å². The van der Waals surface area contributed by atoms with Crippen molar-refractivity contribution in [1.82, 2.24) is 0 Å². The summed E-state index contributed by atoms with van der Waals surface area (Å²) in [6, 6.07) is 5.35. The number of aromatic hydroxyl groups is 1. The second-order valence-corrected chi connectivity index (χ2v) is 7.60. The van der Waals surface area contributed by atoms with Crippen molar-refractivity contribution in [3.63, 3.8) is 0 Å². The van der Waals surface area contributed by atoms with E-state index in [0.29, 0.717) is 0 Å². The first-order chi connectivity index (χ1) is 9.23. The van der Waals surface area contributed by atoms with Crippen molar-refractivity contribution < 1.29 is 9.90 Å². The summed E-state index contributed by atoms with van der Waals surface area (Å²) in [4.78, 5) is 11.3. The molecule has 1 aliphatic carbocycles. The summed E-state index contributed by atoms with van der Waals surface area (Å²) in [5, 5.41) is 9.58. The normalized spacial score (nSPS) is 24.6. The zero-order chi connectivity index (χ0) is 15.1. The number of hydrogen-bond donors (Lipinski definition) is 3. The molecule has 118 valence electrons. The Balaban J connectivity index is 0.00000220. The number of thioether (sulfide) groups is 1. The Morgan fingerprint density at radius 3 is 2.67 bits per heavy atom. The molecule has 0 heterocycles. The summed E-state index contributed by atoms with van der Waals surface area (Å²) < 4.78 is 0. The van der Waals surface area contributed by atoms with Crippen LogP contribution in [0.4, 0.5) is 0 Å². The van der Waals surface area contributed by atoms with Gasteiger partial charge in [0.25, 0.3) is 0 Å². The lowest BCUT2D eigenvalue weighted by Gasteiger charge is -2.43. The van der Waals surface area contributed by atoms with Crippen LogP contribution in [0.2, 0.25) is 0 Å². The van der Waals surface area contributed by atoms with Gasteiger partial charge in [-0.2, -0.15) is 0 Å². The van der Waals surface area contributed by atoms with Crippen molar-refractivity contribution >= 4 is 30.1 Å². The molecule has 0 aromatic heterocycles. The van der Waals surface area contributed by atoms with Crippen LogP contribution in [0.3, 0.4) is 0 Å². The highest BCUT2D eigenvalue weighted by molar-refractivity contribution is 8.01. The Hall–Kier alpha value is -0.910. The lowest BCUT2D eigenvalue weighted by atomic mass is 9.69. The molecule has 3 atom stereocenters. The molecule has 4 nitrogen and oxygen atoms in total. The first kappa shape index (κ1) is 18.1. The molecule has 21 heavy (non-hydrogen) atoms. The van der Waals surface area contributed by atoms with Crippen molar-refractivity contribution in [3.8, 4) is 5.75 Å². The summed E-state index contributed by atoms with van der Waals surface area (Å²) in [6.45, 7) is 5.98. The highest BCUT2D eigenvalue weighted by atomic mass is 35.5. The number of nitrogens with two attached hydrogens (primary N) is 2. The Morgan fingerprint density at radius 1 is 1.48 bits per heavy atom. The smallest absolute Gasteiger partial charge is 0.230 e. The van der Waals surface area contributed by atoms with Gasteiger partial charge in [-0.15, -0.1) is 24.2 Å². The van der Waals surface area contributed by atoms with E-state index in [4.69, 9.17) is 11.5 Å². The highest BCUT2D eigenvalue weighted by Crippen LogP contribution is 2.42. The van der Waals surface area contributed by atoms with Gasteiger partial charge in [-0.1, -0.05) is 19.9 Å². The zero-order valence-corrected chi connectivity index (χ0v) is 14.1. The minimum absolute atomic E-state index is 0. The number of halogens is 1. The fourth-order valence-corrected chi connectivity index (χ4v) is 4.24. The third-order valence-corrected chi connectivity index (χ3v) is 5.67. The molecule has 0 radical (unpaired) electrons. The van der Waals surface area contributed by atoms with E-state index in [-0.39, 0.29) is 46.0 Å². The third-order valence-electron chi connectivity index (χ3n) is 4.22. The number of primary amides is 1.